The highest BCUT2D eigenvalue weighted by Crippen LogP contribution is 2.26. The molecule has 0 atom stereocenters. The summed E-state index contributed by atoms with van der Waals surface area (Å²) in [7, 11) is 3.45. The fraction of sp³-hybridized carbons (Fsp3) is 0.333. The maximum atomic E-state index is 11.9. The fourth-order valence-corrected chi connectivity index (χ4v) is 3.67. The van der Waals surface area contributed by atoms with E-state index in [1.54, 1.807) is 19.0 Å². The topological polar surface area (TPSA) is 187 Å². The van der Waals surface area contributed by atoms with Crippen molar-refractivity contribution < 1.29 is 29.4 Å². The monoisotopic (exact) mass is 492 g/mol. The number of rotatable bonds is 9. The van der Waals surface area contributed by atoms with Crippen molar-refractivity contribution in [2.24, 2.45) is 10.7 Å². The molecule has 0 saturated carbocycles. The first-order valence-corrected chi connectivity index (χ1v) is 10.8. The Kier molecular flexibility index (Phi) is 11.7. The predicted octanol–water partition coefficient (Wildman–Crippen LogP) is 2.65. The first-order chi connectivity index (χ1) is 16.0. The minimum atomic E-state index is -1.33. The van der Waals surface area contributed by atoms with Gasteiger partial charge in [-0.25, -0.2) is 14.6 Å². The van der Waals surface area contributed by atoms with Crippen LogP contribution in [0.1, 0.15) is 29.5 Å². The number of nitrogens with two attached hydrogens (primary N) is 1. The molecule has 6 N–H and O–H groups in total. The molecular weight excluding hydrogens is 464 g/mol. The van der Waals surface area contributed by atoms with Crippen LogP contribution in [-0.4, -0.2) is 64.5 Å². The second kappa shape index (κ2) is 14.2. The van der Waals surface area contributed by atoms with E-state index in [0.717, 1.165) is 34.6 Å². The third-order valence-electron chi connectivity index (χ3n) is 4.14. The van der Waals surface area contributed by atoms with Gasteiger partial charge in [0.1, 0.15) is 0 Å². The predicted molar refractivity (Wildman–Crippen MR) is 130 cm³/mol. The lowest BCUT2D eigenvalue weighted by Crippen LogP contribution is -2.21. The Hall–Kier alpha value is -4.00. The zero-order chi connectivity index (χ0) is 25.7. The SMILES string of the molecule is CC(=O)Nc1nc(CCc2ccc(NC=NC(=O)O)cc2)c(CCC(=O)N(C)C)s1.NC(=O)O. The summed E-state index contributed by atoms with van der Waals surface area (Å²) in [5.41, 5.74) is 6.72. The summed E-state index contributed by atoms with van der Waals surface area (Å²) in [6.07, 6.45) is 0.910. The number of aryl methyl sites for hydroxylation is 3. The number of aliphatic imine (C=N–C) groups is 1. The fourth-order valence-electron chi connectivity index (χ4n) is 2.61. The van der Waals surface area contributed by atoms with Crippen molar-refractivity contribution in [3.05, 3.63) is 40.4 Å². The van der Waals surface area contributed by atoms with Crippen molar-refractivity contribution in [1.82, 2.24) is 9.88 Å². The number of nitrogens with zero attached hydrogens (tertiary/aromatic N) is 3. The van der Waals surface area contributed by atoms with E-state index in [2.05, 4.69) is 26.3 Å². The van der Waals surface area contributed by atoms with E-state index in [1.807, 2.05) is 24.3 Å². The number of amides is 4. The molecule has 0 saturated heterocycles. The van der Waals surface area contributed by atoms with Gasteiger partial charge < -0.3 is 31.5 Å². The molecule has 0 aliphatic heterocycles. The Morgan fingerprint density at radius 3 is 2.26 bits per heavy atom. The summed E-state index contributed by atoms with van der Waals surface area (Å²) in [4.78, 5) is 52.8. The molecule has 1 heterocycles. The highest BCUT2D eigenvalue weighted by Gasteiger charge is 2.14. The van der Waals surface area contributed by atoms with E-state index in [9.17, 15) is 14.4 Å². The van der Waals surface area contributed by atoms with E-state index in [4.69, 9.17) is 15.0 Å². The summed E-state index contributed by atoms with van der Waals surface area (Å²) >= 11 is 1.40. The number of aromatic nitrogens is 1. The lowest BCUT2D eigenvalue weighted by Gasteiger charge is -2.09. The molecule has 0 unspecified atom stereocenters. The van der Waals surface area contributed by atoms with Gasteiger partial charge in [0.25, 0.3) is 0 Å². The van der Waals surface area contributed by atoms with E-state index >= 15 is 0 Å². The second-order valence-electron chi connectivity index (χ2n) is 7.08. The van der Waals surface area contributed by atoms with Crippen molar-refractivity contribution in [2.45, 2.75) is 32.6 Å². The van der Waals surface area contributed by atoms with E-state index in [0.29, 0.717) is 24.4 Å². The number of carbonyl (C=O) groups is 4. The van der Waals surface area contributed by atoms with Gasteiger partial charge in [-0.1, -0.05) is 12.1 Å². The zero-order valence-corrected chi connectivity index (χ0v) is 19.9. The molecule has 0 aliphatic carbocycles. The lowest BCUT2D eigenvalue weighted by molar-refractivity contribution is -0.128. The Balaban J connectivity index is 0.00000133. The van der Waals surface area contributed by atoms with Crippen LogP contribution in [0.15, 0.2) is 29.3 Å². The molecule has 2 aromatic rings. The zero-order valence-electron chi connectivity index (χ0n) is 19.1. The second-order valence-corrected chi connectivity index (χ2v) is 8.16. The third-order valence-corrected chi connectivity index (χ3v) is 5.21. The third kappa shape index (κ3) is 11.6. The summed E-state index contributed by atoms with van der Waals surface area (Å²) in [5.74, 6) is -0.134. The number of hydrogen-bond donors (Lipinski definition) is 5. The van der Waals surface area contributed by atoms with Gasteiger partial charge in [0.2, 0.25) is 11.8 Å². The minimum Gasteiger partial charge on any atom is -0.465 e. The number of anilines is 2. The van der Waals surface area contributed by atoms with Crippen LogP contribution in [0, 0.1) is 0 Å². The number of nitrogens with one attached hydrogen (secondary N) is 2. The van der Waals surface area contributed by atoms with Gasteiger partial charge in [0.05, 0.1) is 12.0 Å². The quantitative estimate of drug-likeness (QED) is 0.261. The number of hydrogen-bond acceptors (Lipinski definition) is 6. The average Bonchev–Trinajstić information content (AvgIpc) is 3.11. The van der Waals surface area contributed by atoms with Gasteiger partial charge in [-0.05, 0) is 37.0 Å². The highest BCUT2D eigenvalue weighted by atomic mass is 32.1. The molecule has 184 valence electrons. The molecule has 0 bridgehead atoms. The number of primary amides is 1. The van der Waals surface area contributed by atoms with Crippen molar-refractivity contribution in [3.63, 3.8) is 0 Å². The standard InChI is InChI=1S/C20H25N5O4S.CH3NO2/c1-13(26)23-19-24-16(17(30-19)10-11-18(27)25(2)3)9-6-14-4-7-15(8-5-14)21-12-22-20(28)29;2-1(3)4/h4-5,7-8,12H,6,9-11H2,1-3H3,(H,21,22)(H,28,29)(H,23,24,26);2H2,(H,3,4). The summed E-state index contributed by atoms with van der Waals surface area (Å²) < 4.78 is 0. The van der Waals surface area contributed by atoms with Crippen LogP contribution in [0.25, 0.3) is 0 Å². The molecule has 34 heavy (non-hydrogen) atoms. The molecule has 0 aliphatic rings. The van der Waals surface area contributed by atoms with E-state index in [-0.39, 0.29) is 11.8 Å². The van der Waals surface area contributed by atoms with Crippen LogP contribution in [0.3, 0.4) is 0 Å². The largest absolute Gasteiger partial charge is 0.465 e. The number of carbonyl (C=O) groups excluding carboxylic acids is 2. The molecule has 1 aromatic heterocycles. The van der Waals surface area contributed by atoms with Gasteiger partial charge in [-0.2, -0.15) is 4.99 Å². The van der Waals surface area contributed by atoms with Crippen LogP contribution in [0.5, 0.6) is 0 Å². The molecule has 0 fully saturated rings. The number of benzene rings is 1. The van der Waals surface area contributed by atoms with Crippen molar-refractivity contribution in [1.29, 1.82) is 0 Å². The smallest absolute Gasteiger partial charge is 0.432 e. The van der Waals surface area contributed by atoms with Crippen LogP contribution < -0.4 is 16.4 Å². The van der Waals surface area contributed by atoms with Crippen LogP contribution in [-0.2, 0) is 28.9 Å². The van der Waals surface area contributed by atoms with Gasteiger partial charge in [-0.3, -0.25) is 9.59 Å². The Bertz CT molecular complexity index is 1020. The number of carboxylic acid groups (broad SMARTS) is 2. The molecule has 0 radical (unpaired) electrons. The molecule has 1 aromatic carbocycles. The Labute approximate surface area is 200 Å². The maximum Gasteiger partial charge on any atom is 0.432 e. The van der Waals surface area contributed by atoms with Crippen molar-refractivity contribution in [2.75, 3.05) is 24.7 Å². The van der Waals surface area contributed by atoms with Gasteiger partial charge in [0.15, 0.2) is 5.13 Å². The molecule has 0 spiro atoms. The normalized spacial score (nSPS) is 10.2. The van der Waals surface area contributed by atoms with Gasteiger partial charge >= 0.3 is 12.2 Å². The van der Waals surface area contributed by atoms with Crippen molar-refractivity contribution in [3.8, 4) is 0 Å². The average molecular weight is 493 g/mol. The van der Waals surface area contributed by atoms with Gasteiger partial charge in [0, 0.05) is 38.0 Å². The lowest BCUT2D eigenvalue weighted by atomic mass is 10.1. The van der Waals surface area contributed by atoms with E-state index in [1.165, 1.54) is 18.3 Å². The first kappa shape index (κ1) is 28.0. The minimum absolute atomic E-state index is 0.0463. The molecule has 13 heteroatoms. The molecule has 2 rings (SSSR count). The van der Waals surface area contributed by atoms with Gasteiger partial charge in [-0.15, -0.1) is 11.3 Å². The van der Waals surface area contributed by atoms with E-state index < -0.39 is 12.2 Å². The van der Waals surface area contributed by atoms with Crippen LogP contribution >= 0.6 is 11.3 Å². The summed E-state index contributed by atoms with van der Waals surface area (Å²) in [6, 6.07) is 7.55. The molecular formula is C21H28N6O6S. The molecule has 4 amide bonds. The number of thiazole rings is 1. The highest BCUT2D eigenvalue weighted by molar-refractivity contribution is 7.15. The van der Waals surface area contributed by atoms with Crippen molar-refractivity contribution >= 4 is 52.5 Å². The molecule has 12 nitrogen and oxygen atoms in total. The Morgan fingerprint density at radius 1 is 1.12 bits per heavy atom. The summed E-state index contributed by atoms with van der Waals surface area (Å²) in [5, 5.41) is 21.7. The summed E-state index contributed by atoms with van der Waals surface area (Å²) in [6.45, 7) is 1.44. The van der Waals surface area contributed by atoms with Crippen LogP contribution in [0.2, 0.25) is 0 Å². The van der Waals surface area contributed by atoms with Crippen LogP contribution in [0.4, 0.5) is 20.4 Å². The Morgan fingerprint density at radius 2 is 1.74 bits per heavy atom. The first-order valence-electron chi connectivity index (χ1n) is 10.0. The maximum absolute atomic E-state index is 11.9.